The second-order valence-corrected chi connectivity index (χ2v) is 4.37. The fourth-order valence-electron chi connectivity index (χ4n) is 1.96. The first-order chi connectivity index (χ1) is 9.63. The fourth-order valence-corrected chi connectivity index (χ4v) is 1.96. The number of anilines is 3. The summed E-state index contributed by atoms with van der Waals surface area (Å²) in [6.07, 6.45) is 0. The first-order valence-corrected chi connectivity index (χ1v) is 6.01. The number of nitrogens with two attached hydrogens (primary N) is 1. The van der Waals surface area contributed by atoms with E-state index in [1.54, 1.807) is 30.3 Å². The van der Waals surface area contributed by atoms with E-state index in [0.717, 1.165) is 5.39 Å². The van der Waals surface area contributed by atoms with Crippen molar-refractivity contribution >= 4 is 28.1 Å². The molecule has 0 atom stereocenters. The average Bonchev–Trinajstić information content (AvgIpc) is 2.43. The van der Waals surface area contributed by atoms with Crippen LogP contribution in [0.25, 0.3) is 10.9 Å². The molecule has 0 aliphatic carbocycles. The van der Waals surface area contributed by atoms with Gasteiger partial charge in [0.1, 0.15) is 23.1 Å². The van der Waals surface area contributed by atoms with Crippen LogP contribution in [-0.4, -0.2) is 4.98 Å². The van der Waals surface area contributed by atoms with Crippen LogP contribution >= 0.6 is 0 Å². The van der Waals surface area contributed by atoms with Gasteiger partial charge >= 0.3 is 0 Å². The first kappa shape index (κ1) is 12.3. The molecule has 3 nitrogen and oxygen atoms in total. The Morgan fingerprint density at radius 3 is 2.45 bits per heavy atom. The Balaban J connectivity index is 2.01. The molecule has 0 fully saturated rings. The molecule has 3 aromatic rings. The summed E-state index contributed by atoms with van der Waals surface area (Å²) in [6, 6.07) is 12.4. The highest BCUT2D eigenvalue weighted by atomic mass is 19.1. The molecule has 0 aliphatic heterocycles. The van der Waals surface area contributed by atoms with E-state index < -0.39 is 11.6 Å². The third kappa shape index (κ3) is 2.25. The molecule has 20 heavy (non-hydrogen) atoms. The van der Waals surface area contributed by atoms with Crippen LogP contribution in [0, 0.1) is 11.6 Å². The summed E-state index contributed by atoms with van der Waals surface area (Å²) in [6.45, 7) is 0. The number of nitrogens with one attached hydrogen (secondary N) is 1. The number of fused-ring (bicyclic) bond motifs is 1. The van der Waals surface area contributed by atoms with Crippen LogP contribution in [0.4, 0.5) is 26.0 Å². The van der Waals surface area contributed by atoms with Crippen molar-refractivity contribution in [2.45, 2.75) is 0 Å². The molecule has 0 amide bonds. The van der Waals surface area contributed by atoms with Crippen LogP contribution in [0.1, 0.15) is 0 Å². The Bertz CT molecular complexity index is 767. The molecule has 3 N–H and O–H groups in total. The summed E-state index contributed by atoms with van der Waals surface area (Å²) in [5.74, 6) is -0.959. The lowest BCUT2D eigenvalue weighted by Gasteiger charge is -2.09. The second-order valence-electron chi connectivity index (χ2n) is 4.37. The van der Waals surface area contributed by atoms with Gasteiger partial charge in [0.05, 0.1) is 5.52 Å². The average molecular weight is 271 g/mol. The molecular formula is C15H11F2N3. The number of benzene rings is 2. The van der Waals surface area contributed by atoms with E-state index >= 15 is 0 Å². The topological polar surface area (TPSA) is 50.9 Å². The highest BCUT2D eigenvalue weighted by Gasteiger charge is 2.09. The summed E-state index contributed by atoms with van der Waals surface area (Å²) in [4.78, 5) is 4.29. The third-order valence-electron chi connectivity index (χ3n) is 2.93. The van der Waals surface area contributed by atoms with Gasteiger partial charge in [-0.15, -0.1) is 0 Å². The third-order valence-corrected chi connectivity index (χ3v) is 2.93. The van der Waals surface area contributed by atoms with Gasteiger partial charge < -0.3 is 11.1 Å². The Kier molecular flexibility index (Phi) is 2.95. The first-order valence-electron chi connectivity index (χ1n) is 6.01. The van der Waals surface area contributed by atoms with E-state index in [4.69, 9.17) is 5.73 Å². The zero-order valence-corrected chi connectivity index (χ0v) is 10.4. The molecule has 0 spiro atoms. The van der Waals surface area contributed by atoms with Crippen molar-refractivity contribution in [2.24, 2.45) is 0 Å². The van der Waals surface area contributed by atoms with Crippen molar-refractivity contribution in [3.63, 3.8) is 0 Å². The zero-order chi connectivity index (χ0) is 14.1. The van der Waals surface area contributed by atoms with Crippen molar-refractivity contribution < 1.29 is 8.78 Å². The maximum absolute atomic E-state index is 13.6. The molecule has 2 aromatic carbocycles. The summed E-state index contributed by atoms with van der Waals surface area (Å²) >= 11 is 0. The predicted molar refractivity (Wildman–Crippen MR) is 75.8 cm³/mol. The largest absolute Gasteiger partial charge is 0.399 e. The number of pyridine rings is 1. The number of hydrogen-bond donors (Lipinski definition) is 2. The highest BCUT2D eigenvalue weighted by molar-refractivity contribution is 5.83. The van der Waals surface area contributed by atoms with Gasteiger partial charge in [-0.3, -0.25) is 0 Å². The molecule has 100 valence electrons. The summed E-state index contributed by atoms with van der Waals surface area (Å²) < 4.78 is 27.1. The minimum absolute atomic E-state index is 0.213. The number of nitrogens with zero attached hydrogens (tertiary/aromatic N) is 1. The van der Waals surface area contributed by atoms with E-state index in [0.29, 0.717) is 17.0 Å². The van der Waals surface area contributed by atoms with Crippen molar-refractivity contribution in [1.29, 1.82) is 0 Å². The Labute approximate surface area is 114 Å². The lowest BCUT2D eigenvalue weighted by Crippen LogP contribution is -1.99. The Morgan fingerprint density at radius 2 is 1.70 bits per heavy atom. The molecule has 0 saturated heterocycles. The van der Waals surface area contributed by atoms with E-state index in [-0.39, 0.29) is 5.69 Å². The van der Waals surface area contributed by atoms with Crippen LogP contribution in [0.5, 0.6) is 0 Å². The minimum atomic E-state index is -0.663. The SMILES string of the molecule is Nc1ccc2nc(Nc3c(F)cccc3F)ccc2c1. The lowest BCUT2D eigenvalue weighted by atomic mass is 10.2. The van der Waals surface area contributed by atoms with Crippen molar-refractivity contribution in [1.82, 2.24) is 4.98 Å². The van der Waals surface area contributed by atoms with Crippen molar-refractivity contribution in [3.05, 3.63) is 60.2 Å². The van der Waals surface area contributed by atoms with E-state index in [2.05, 4.69) is 10.3 Å². The van der Waals surface area contributed by atoms with Gasteiger partial charge in [0.2, 0.25) is 0 Å². The second kappa shape index (κ2) is 4.77. The molecule has 0 radical (unpaired) electrons. The summed E-state index contributed by atoms with van der Waals surface area (Å²) in [7, 11) is 0. The van der Waals surface area contributed by atoms with Crippen molar-refractivity contribution in [3.8, 4) is 0 Å². The molecular weight excluding hydrogens is 260 g/mol. The monoisotopic (exact) mass is 271 g/mol. The van der Waals surface area contributed by atoms with Gasteiger partial charge in [0.25, 0.3) is 0 Å². The fraction of sp³-hybridized carbons (Fsp3) is 0. The van der Waals surface area contributed by atoms with Gasteiger partial charge in [-0.1, -0.05) is 6.07 Å². The van der Waals surface area contributed by atoms with Gasteiger partial charge in [0.15, 0.2) is 0 Å². The van der Waals surface area contributed by atoms with E-state index in [9.17, 15) is 8.78 Å². The molecule has 1 heterocycles. The number of rotatable bonds is 2. The van der Waals surface area contributed by atoms with E-state index in [1.165, 1.54) is 18.2 Å². The number of para-hydroxylation sites is 1. The molecule has 0 unspecified atom stereocenters. The molecule has 0 saturated carbocycles. The number of nitrogen functional groups attached to an aromatic ring is 1. The minimum Gasteiger partial charge on any atom is -0.399 e. The standard InChI is InChI=1S/C15H11F2N3/c16-11-2-1-3-12(17)15(11)20-14-7-4-9-8-10(18)5-6-13(9)19-14/h1-8H,18H2,(H,19,20). The molecule has 5 heteroatoms. The molecule has 3 rings (SSSR count). The van der Waals surface area contributed by atoms with Gasteiger partial charge in [-0.05, 0) is 42.5 Å². The Hall–Kier alpha value is -2.69. The van der Waals surface area contributed by atoms with Gasteiger partial charge in [-0.25, -0.2) is 13.8 Å². The van der Waals surface area contributed by atoms with Crippen LogP contribution < -0.4 is 11.1 Å². The quantitative estimate of drug-likeness (QED) is 0.696. The maximum atomic E-state index is 13.6. The summed E-state index contributed by atoms with van der Waals surface area (Å²) in [5.41, 5.74) is 6.80. The van der Waals surface area contributed by atoms with Crippen LogP contribution in [0.15, 0.2) is 48.5 Å². The normalized spacial score (nSPS) is 10.7. The van der Waals surface area contributed by atoms with Gasteiger partial charge in [0, 0.05) is 11.1 Å². The highest BCUT2D eigenvalue weighted by Crippen LogP contribution is 2.24. The maximum Gasteiger partial charge on any atom is 0.149 e. The van der Waals surface area contributed by atoms with Gasteiger partial charge in [-0.2, -0.15) is 0 Å². The van der Waals surface area contributed by atoms with Crippen LogP contribution in [0.3, 0.4) is 0 Å². The zero-order valence-electron chi connectivity index (χ0n) is 10.4. The molecule has 0 aliphatic rings. The van der Waals surface area contributed by atoms with Crippen LogP contribution in [0.2, 0.25) is 0 Å². The molecule has 1 aromatic heterocycles. The van der Waals surface area contributed by atoms with Crippen LogP contribution in [-0.2, 0) is 0 Å². The predicted octanol–water partition coefficient (Wildman–Crippen LogP) is 3.84. The smallest absolute Gasteiger partial charge is 0.149 e. The summed E-state index contributed by atoms with van der Waals surface area (Å²) in [5, 5.41) is 3.52. The number of halogens is 2. The van der Waals surface area contributed by atoms with Crippen molar-refractivity contribution in [2.75, 3.05) is 11.1 Å². The number of aromatic nitrogens is 1. The molecule has 0 bridgehead atoms. The lowest BCUT2D eigenvalue weighted by molar-refractivity contribution is 0.590. The van der Waals surface area contributed by atoms with E-state index in [1.807, 2.05) is 0 Å². The Morgan fingerprint density at radius 1 is 0.950 bits per heavy atom. The number of hydrogen-bond acceptors (Lipinski definition) is 3.